The van der Waals surface area contributed by atoms with Crippen molar-refractivity contribution in [1.82, 2.24) is 30.0 Å². The first-order valence-electron chi connectivity index (χ1n) is 9.22. The standard InChI is InChI=1S/C19H28N6O/c1-13-15(12-22-25(13)4)7-8-18(26)21-11-16-10-20-14(2)23-19(16)17-6-5-9-24(17)3/h10,12,17H,5-9,11H2,1-4H3,(H,21,26)/t17-/m0/s1. The largest absolute Gasteiger partial charge is 0.352 e. The van der Waals surface area contributed by atoms with E-state index in [-0.39, 0.29) is 5.91 Å². The first kappa shape index (κ1) is 18.5. The van der Waals surface area contributed by atoms with Crippen molar-refractivity contribution in [3.63, 3.8) is 0 Å². The summed E-state index contributed by atoms with van der Waals surface area (Å²) in [5.74, 6) is 0.821. The zero-order valence-electron chi connectivity index (χ0n) is 16.1. The molecule has 3 rings (SSSR count). The Labute approximate surface area is 154 Å². The second-order valence-corrected chi connectivity index (χ2v) is 7.12. The molecule has 1 amide bonds. The zero-order chi connectivity index (χ0) is 18.7. The highest BCUT2D eigenvalue weighted by Crippen LogP contribution is 2.31. The van der Waals surface area contributed by atoms with E-state index in [0.29, 0.717) is 25.4 Å². The minimum atomic E-state index is 0.0413. The zero-order valence-corrected chi connectivity index (χ0v) is 16.1. The van der Waals surface area contributed by atoms with Gasteiger partial charge in [0.05, 0.1) is 17.9 Å². The van der Waals surface area contributed by atoms with Crippen molar-refractivity contribution in [3.05, 3.63) is 40.7 Å². The lowest BCUT2D eigenvalue weighted by Crippen LogP contribution is -2.26. The molecule has 3 heterocycles. The predicted octanol–water partition coefficient (Wildman–Crippen LogP) is 1.84. The van der Waals surface area contributed by atoms with E-state index < -0.39 is 0 Å². The van der Waals surface area contributed by atoms with Crippen molar-refractivity contribution in [3.8, 4) is 0 Å². The maximum absolute atomic E-state index is 12.3. The van der Waals surface area contributed by atoms with Gasteiger partial charge in [0.25, 0.3) is 0 Å². The smallest absolute Gasteiger partial charge is 0.220 e. The van der Waals surface area contributed by atoms with Crippen LogP contribution in [0.1, 0.15) is 53.6 Å². The van der Waals surface area contributed by atoms with E-state index in [1.54, 1.807) is 0 Å². The molecule has 7 nitrogen and oxygen atoms in total. The first-order chi connectivity index (χ1) is 12.5. The SMILES string of the molecule is Cc1ncc(CNC(=O)CCc2cnn(C)c2C)c([C@@H]2CCCN2C)n1. The summed E-state index contributed by atoms with van der Waals surface area (Å²) < 4.78 is 1.83. The molecule has 2 aromatic rings. The van der Waals surface area contributed by atoms with E-state index in [2.05, 4.69) is 32.3 Å². The highest BCUT2D eigenvalue weighted by atomic mass is 16.1. The van der Waals surface area contributed by atoms with E-state index in [9.17, 15) is 4.79 Å². The third-order valence-corrected chi connectivity index (χ3v) is 5.29. The predicted molar refractivity (Wildman–Crippen MR) is 99.5 cm³/mol. The Morgan fingerprint density at radius 2 is 2.08 bits per heavy atom. The van der Waals surface area contributed by atoms with Gasteiger partial charge in [0, 0.05) is 37.5 Å². The summed E-state index contributed by atoms with van der Waals surface area (Å²) in [4.78, 5) is 23.6. The lowest BCUT2D eigenvalue weighted by atomic mass is 10.1. The minimum Gasteiger partial charge on any atom is -0.352 e. The first-order valence-corrected chi connectivity index (χ1v) is 9.22. The highest BCUT2D eigenvalue weighted by Gasteiger charge is 2.26. The molecule has 0 spiro atoms. The van der Waals surface area contributed by atoms with Crippen molar-refractivity contribution in [1.29, 1.82) is 0 Å². The average Bonchev–Trinajstić information content (AvgIpc) is 3.18. The second-order valence-electron chi connectivity index (χ2n) is 7.12. The van der Waals surface area contributed by atoms with E-state index in [1.807, 2.05) is 38.0 Å². The quantitative estimate of drug-likeness (QED) is 0.855. The van der Waals surface area contributed by atoms with Crippen LogP contribution in [0.25, 0.3) is 0 Å². The van der Waals surface area contributed by atoms with Crippen molar-refractivity contribution < 1.29 is 4.79 Å². The Kier molecular flexibility index (Phi) is 5.66. The second kappa shape index (κ2) is 7.95. The van der Waals surface area contributed by atoms with Crippen molar-refractivity contribution in [2.75, 3.05) is 13.6 Å². The fourth-order valence-corrected chi connectivity index (χ4v) is 3.51. The summed E-state index contributed by atoms with van der Waals surface area (Å²) >= 11 is 0. The van der Waals surface area contributed by atoms with Crippen LogP contribution in [0.4, 0.5) is 0 Å². The van der Waals surface area contributed by atoms with Gasteiger partial charge in [-0.2, -0.15) is 5.10 Å². The number of carbonyl (C=O) groups is 1. The van der Waals surface area contributed by atoms with Gasteiger partial charge in [-0.25, -0.2) is 9.97 Å². The number of aromatic nitrogens is 4. The van der Waals surface area contributed by atoms with Gasteiger partial charge in [-0.1, -0.05) is 0 Å². The summed E-state index contributed by atoms with van der Waals surface area (Å²) in [6.45, 7) is 5.50. The van der Waals surface area contributed by atoms with Gasteiger partial charge in [-0.3, -0.25) is 14.4 Å². The Morgan fingerprint density at radius 1 is 1.27 bits per heavy atom. The number of nitrogens with one attached hydrogen (secondary N) is 1. The molecule has 0 aliphatic carbocycles. The van der Waals surface area contributed by atoms with E-state index in [0.717, 1.165) is 41.3 Å². The third-order valence-electron chi connectivity index (χ3n) is 5.29. The summed E-state index contributed by atoms with van der Waals surface area (Å²) in [7, 11) is 4.05. The summed E-state index contributed by atoms with van der Waals surface area (Å²) in [6, 6.07) is 0.321. The lowest BCUT2D eigenvalue weighted by molar-refractivity contribution is -0.121. The molecule has 0 aromatic carbocycles. The number of hydrogen-bond acceptors (Lipinski definition) is 5. The van der Waals surface area contributed by atoms with E-state index in [1.165, 1.54) is 6.42 Å². The molecule has 0 saturated carbocycles. The number of nitrogens with zero attached hydrogens (tertiary/aromatic N) is 5. The third kappa shape index (κ3) is 4.09. The fraction of sp³-hybridized carbons (Fsp3) is 0.579. The normalized spacial score (nSPS) is 17.6. The molecule has 0 unspecified atom stereocenters. The number of aryl methyl sites for hydroxylation is 3. The molecular weight excluding hydrogens is 328 g/mol. The van der Waals surface area contributed by atoms with Crippen LogP contribution < -0.4 is 5.32 Å². The van der Waals surface area contributed by atoms with Gasteiger partial charge in [0.1, 0.15) is 5.82 Å². The topological polar surface area (TPSA) is 75.9 Å². The van der Waals surface area contributed by atoms with Crippen LogP contribution in [-0.2, 0) is 24.8 Å². The highest BCUT2D eigenvalue weighted by molar-refractivity contribution is 5.76. The van der Waals surface area contributed by atoms with Gasteiger partial charge >= 0.3 is 0 Å². The minimum absolute atomic E-state index is 0.0413. The van der Waals surface area contributed by atoms with Crippen LogP contribution in [0, 0.1) is 13.8 Å². The lowest BCUT2D eigenvalue weighted by Gasteiger charge is -2.21. The number of hydrogen-bond donors (Lipinski definition) is 1. The molecule has 1 saturated heterocycles. The molecule has 0 bridgehead atoms. The molecular formula is C19H28N6O. The Hall–Kier alpha value is -2.28. The van der Waals surface area contributed by atoms with Crippen LogP contribution in [-0.4, -0.2) is 44.1 Å². The molecule has 26 heavy (non-hydrogen) atoms. The van der Waals surface area contributed by atoms with Crippen molar-refractivity contribution in [2.45, 2.75) is 52.1 Å². The Morgan fingerprint density at radius 3 is 2.73 bits per heavy atom. The summed E-state index contributed by atoms with van der Waals surface area (Å²) in [5, 5.41) is 7.25. The molecule has 1 fully saturated rings. The average molecular weight is 356 g/mol. The van der Waals surface area contributed by atoms with E-state index >= 15 is 0 Å². The summed E-state index contributed by atoms with van der Waals surface area (Å²) in [5.41, 5.74) is 4.30. The van der Waals surface area contributed by atoms with Gasteiger partial charge in [-0.15, -0.1) is 0 Å². The maximum atomic E-state index is 12.3. The van der Waals surface area contributed by atoms with Crippen LogP contribution >= 0.6 is 0 Å². The van der Waals surface area contributed by atoms with Crippen molar-refractivity contribution >= 4 is 5.91 Å². The molecule has 7 heteroatoms. The van der Waals surface area contributed by atoms with Gasteiger partial charge in [0.15, 0.2) is 0 Å². The molecule has 140 valence electrons. The number of amides is 1. The Balaban J connectivity index is 1.60. The Bertz CT molecular complexity index is 784. The van der Waals surface area contributed by atoms with Crippen LogP contribution in [0.15, 0.2) is 12.4 Å². The molecule has 0 radical (unpaired) electrons. The van der Waals surface area contributed by atoms with Crippen LogP contribution in [0.2, 0.25) is 0 Å². The van der Waals surface area contributed by atoms with Gasteiger partial charge < -0.3 is 5.32 Å². The number of rotatable bonds is 6. The van der Waals surface area contributed by atoms with Gasteiger partial charge in [-0.05, 0) is 52.3 Å². The molecule has 2 aromatic heterocycles. The molecule has 1 aliphatic rings. The molecule has 1 aliphatic heterocycles. The fourth-order valence-electron chi connectivity index (χ4n) is 3.51. The van der Waals surface area contributed by atoms with Gasteiger partial charge in [0.2, 0.25) is 5.91 Å². The van der Waals surface area contributed by atoms with Crippen LogP contribution in [0.3, 0.4) is 0 Å². The number of likely N-dealkylation sites (tertiary alicyclic amines) is 1. The summed E-state index contributed by atoms with van der Waals surface area (Å²) in [6.07, 6.45) is 7.14. The van der Waals surface area contributed by atoms with Crippen molar-refractivity contribution in [2.24, 2.45) is 7.05 Å². The molecule has 1 N–H and O–H groups in total. The van der Waals surface area contributed by atoms with Crippen LogP contribution in [0.5, 0.6) is 0 Å². The maximum Gasteiger partial charge on any atom is 0.220 e. The molecule has 1 atom stereocenters. The number of carbonyl (C=O) groups excluding carboxylic acids is 1. The monoisotopic (exact) mass is 356 g/mol. The van der Waals surface area contributed by atoms with E-state index in [4.69, 9.17) is 0 Å².